The van der Waals surface area contributed by atoms with E-state index in [1.54, 1.807) is 0 Å². The molecule has 0 saturated carbocycles. The first-order chi connectivity index (χ1) is 10.2. The molecule has 1 N–H and O–H groups in total. The maximum absolute atomic E-state index is 5.61. The van der Waals surface area contributed by atoms with Crippen molar-refractivity contribution in [2.24, 2.45) is 7.05 Å². The molecule has 21 heavy (non-hydrogen) atoms. The summed E-state index contributed by atoms with van der Waals surface area (Å²) in [6.07, 6.45) is 4.54. The van der Waals surface area contributed by atoms with Crippen LogP contribution in [0.5, 0.6) is 0 Å². The number of rotatable bonds is 4. The van der Waals surface area contributed by atoms with Crippen molar-refractivity contribution >= 4 is 23.4 Å². The molecule has 1 unspecified atom stereocenters. The monoisotopic (exact) mass is 307 g/mol. The van der Waals surface area contributed by atoms with E-state index in [1.807, 2.05) is 11.7 Å². The highest BCUT2D eigenvalue weighted by molar-refractivity contribution is 7.71. The van der Waals surface area contributed by atoms with Crippen molar-refractivity contribution in [3.05, 3.63) is 10.5 Å². The van der Waals surface area contributed by atoms with Crippen molar-refractivity contribution in [1.82, 2.24) is 24.2 Å². The molecule has 0 amide bonds. The van der Waals surface area contributed by atoms with Crippen LogP contribution in [-0.2, 0) is 13.5 Å². The van der Waals surface area contributed by atoms with E-state index in [9.17, 15) is 0 Å². The van der Waals surface area contributed by atoms with Gasteiger partial charge in [0.05, 0.1) is 11.7 Å². The van der Waals surface area contributed by atoms with Crippen LogP contribution < -0.4 is 0 Å². The zero-order chi connectivity index (χ0) is 15.0. The maximum atomic E-state index is 5.61. The van der Waals surface area contributed by atoms with Crippen LogP contribution in [0.3, 0.4) is 0 Å². The quantitative estimate of drug-likeness (QED) is 0.883. The van der Waals surface area contributed by atoms with Crippen LogP contribution in [0.15, 0.2) is 0 Å². The summed E-state index contributed by atoms with van der Waals surface area (Å²) in [6.45, 7) is 7.83. The van der Waals surface area contributed by atoms with Crippen molar-refractivity contribution in [3.63, 3.8) is 0 Å². The lowest BCUT2D eigenvalue weighted by Crippen LogP contribution is -2.36. The van der Waals surface area contributed by atoms with Gasteiger partial charge in [0.25, 0.3) is 0 Å². The fourth-order valence-corrected chi connectivity index (χ4v) is 3.85. The molecular formula is C15H25N5S. The van der Waals surface area contributed by atoms with Gasteiger partial charge >= 0.3 is 0 Å². The molecule has 0 spiro atoms. The molecule has 0 radical (unpaired) electrons. The summed E-state index contributed by atoms with van der Waals surface area (Å²) in [5.74, 6) is 0. The van der Waals surface area contributed by atoms with Gasteiger partial charge in [-0.3, -0.25) is 9.25 Å². The molecule has 0 aromatic carbocycles. The number of aromatic nitrogens is 4. The average molecular weight is 307 g/mol. The highest BCUT2D eigenvalue weighted by Gasteiger charge is 2.25. The van der Waals surface area contributed by atoms with E-state index in [4.69, 9.17) is 12.2 Å². The zero-order valence-electron chi connectivity index (χ0n) is 13.2. The van der Waals surface area contributed by atoms with E-state index >= 15 is 0 Å². The third kappa shape index (κ3) is 2.55. The molecule has 2 aromatic rings. The third-order valence-corrected chi connectivity index (χ3v) is 4.85. The maximum Gasteiger partial charge on any atom is 0.179 e. The van der Waals surface area contributed by atoms with Gasteiger partial charge in [-0.2, -0.15) is 5.10 Å². The fraction of sp³-hybridized carbons (Fsp3) is 0.733. The SMILES string of the molecule is CCCc1nn(C)c2c1[nH]c(=S)n2C1CCCN(CC)C1. The number of H-pyrrole nitrogens is 1. The van der Waals surface area contributed by atoms with Crippen molar-refractivity contribution in [1.29, 1.82) is 0 Å². The number of nitrogens with zero attached hydrogens (tertiary/aromatic N) is 4. The smallest absolute Gasteiger partial charge is 0.179 e. The fourth-order valence-electron chi connectivity index (χ4n) is 3.52. The molecule has 1 aliphatic heterocycles. The Morgan fingerprint density at radius 3 is 2.90 bits per heavy atom. The number of likely N-dealkylation sites (tertiary alicyclic amines) is 1. The van der Waals surface area contributed by atoms with E-state index in [-0.39, 0.29) is 0 Å². The van der Waals surface area contributed by atoms with Crippen LogP contribution in [0.1, 0.15) is 44.8 Å². The van der Waals surface area contributed by atoms with Gasteiger partial charge in [-0.1, -0.05) is 20.3 Å². The highest BCUT2D eigenvalue weighted by atomic mass is 32.1. The van der Waals surface area contributed by atoms with E-state index in [2.05, 4.69) is 33.4 Å². The number of aryl methyl sites for hydroxylation is 2. The number of imidazole rings is 1. The predicted molar refractivity (Wildman–Crippen MR) is 88.3 cm³/mol. The Balaban J connectivity index is 2.06. The van der Waals surface area contributed by atoms with Crippen molar-refractivity contribution in [2.75, 3.05) is 19.6 Å². The largest absolute Gasteiger partial charge is 0.328 e. The summed E-state index contributed by atoms with van der Waals surface area (Å²) in [5.41, 5.74) is 3.44. The number of likely N-dealkylation sites (N-methyl/N-ethyl adjacent to an activating group) is 1. The van der Waals surface area contributed by atoms with Crippen LogP contribution in [0.4, 0.5) is 0 Å². The molecule has 2 aromatic heterocycles. The number of piperidine rings is 1. The lowest BCUT2D eigenvalue weighted by Gasteiger charge is -2.32. The Bertz CT molecular complexity index is 680. The molecule has 3 heterocycles. The van der Waals surface area contributed by atoms with Crippen LogP contribution in [0, 0.1) is 4.77 Å². The minimum Gasteiger partial charge on any atom is -0.328 e. The summed E-state index contributed by atoms with van der Waals surface area (Å²) in [5, 5.41) is 4.68. The topological polar surface area (TPSA) is 41.8 Å². The second kappa shape index (κ2) is 5.93. The molecule has 5 nitrogen and oxygen atoms in total. The minimum absolute atomic E-state index is 0.463. The van der Waals surface area contributed by atoms with Crippen LogP contribution in [0.25, 0.3) is 11.2 Å². The van der Waals surface area contributed by atoms with E-state index in [1.165, 1.54) is 19.4 Å². The third-order valence-electron chi connectivity index (χ3n) is 4.55. The Kier molecular flexibility index (Phi) is 4.17. The molecule has 1 aliphatic rings. The van der Waals surface area contributed by atoms with Crippen LogP contribution in [-0.4, -0.2) is 43.9 Å². The van der Waals surface area contributed by atoms with Gasteiger partial charge in [-0.25, -0.2) is 0 Å². The molecule has 0 bridgehead atoms. The summed E-state index contributed by atoms with van der Waals surface area (Å²) in [6, 6.07) is 0.463. The second-order valence-corrected chi connectivity index (χ2v) is 6.40. The molecule has 1 fully saturated rings. The van der Waals surface area contributed by atoms with Gasteiger partial charge in [0.2, 0.25) is 0 Å². The van der Waals surface area contributed by atoms with E-state index < -0.39 is 0 Å². The number of hydrogen-bond donors (Lipinski definition) is 1. The first-order valence-electron chi connectivity index (χ1n) is 8.04. The second-order valence-electron chi connectivity index (χ2n) is 6.01. The normalized spacial score (nSPS) is 20.4. The Hall–Kier alpha value is -1.14. The Morgan fingerprint density at radius 1 is 1.38 bits per heavy atom. The summed E-state index contributed by atoms with van der Waals surface area (Å²) in [4.78, 5) is 5.92. The molecular weight excluding hydrogens is 282 g/mol. The summed E-state index contributed by atoms with van der Waals surface area (Å²) < 4.78 is 5.15. The van der Waals surface area contributed by atoms with Gasteiger partial charge in [-0.15, -0.1) is 0 Å². The van der Waals surface area contributed by atoms with E-state index in [0.717, 1.165) is 47.6 Å². The standard InChI is InChI=1S/C15H25N5S/c1-4-7-12-13-14(18(3)17-12)20(15(21)16-13)11-8-6-9-19(5-2)10-11/h11H,4-10H2,1-3H3,(H,16,21). The molecule has 0 aliphatic carbocycles. The zero-order valence-corrected chi connectivity index (χ0v) is 14.0. The number of fused-ring (bicyclic) bond motifs is 1. The Morgan fingerprint density at radius 2 is 2.19 bits per heavy atom. The first kappa shape index (κ1) is 14.8. The van der Waals surface area contributed by atoms with Crippen molar-refractivity contribution < 1.29 is 0 Å². The number of hydrogen-bond acceptors (Lipinski definition) is 3. The average Bonchev–Trinajstić information content (AvgIpc) is 2.97. The van der Waals surface area contributed by atoms with Gasteiger partial charge in [0, 0.05) is 13.6 Å². The lowest BCUT2D eigenvalue weighted by molar-refractivity contribution is 0.186. The molecule has 6 heteroatoms. The summed E-state index contributed by atoms with van der Waals surface area (Å²) >= 11 is 5.61. The molecule has 1 saturated heterocycles. The number of nitrogens with one attached hydrogen (secondary N) is 1. The lowest BCUT2D eigenvalue weighted by atomic mass is 10.1. The molecule has 1 atom stereocenters. The van der Waals surface area contributed by atoms with Gasteiger partial charge in [0.1, 0.15) is 5.52 Å². The Labute approximate surface area is 130 Å². The van der Waals surface area contributed by atoms with Crippen molar-refractivity contribution in [2.45, 2.75) is 45.6 Å². The first-order valence-corrected chi connectivity index (χ1v) is 8.45. The number of aromatic amines is 1. The van der Waals surface area contributed by atoms with Gasteiger partial charge in [0.15, 0.2) is 10.4 Å². The predicted octanol–water partition coefficient (Wildman–Crippen LogP) is 3.04. The molecule has 3 rings (SSSR count). The minimum atomic E-state index is 0.463. The van der Waals surface area contributed by atoms with Crippen molar-refractivity contribution in [3.8, 4) is 0 Å². The van der Waals surface area contributed by atoms with Gasteiger partial charge < -0.3 is 9.88 Å². The van der Waals surface area contributed by atoms with Crippen LogP contribution >= 0.6 is 12.2 Å². The highest BCUT2D eigenvalue weighted by Crippen LogP contribution is 2.28. The molecule has 116 valence electrons. The van der Waals surface area contributed by atoms with E-state index in [0.29, 0.717) is 6.04 Å². The summed E-state index contributed by atoms with van der Waals surface area (Å²) in [7, 11) is 2.03. The van der Waals surface area contributed by atoms with Gasteiger partial charge in [-0.05, 0) is 44.6 Å². The van der Waals surface area contributed by atoms with Crippen LogP contribution in [0.2, 0.25) is 0 Å².